The molecule has 0 aromatic carbocycles. The van der Waals surface area contributed by atoms with Gasteiger partial charge in [0.1, 0.15) is 0 Å². The standard InChI is InChI=1S/C20H48N2O6Si2/c1-9-20(30(26-13-5,27-14-6)28-15-7)22-18(8)19(16-21)17-29(23-10-2,24-11-3)25-12-4/h18-20,22H,9-17,21H2,1-8H3. The van der Waals surface area contributed by atoms with Crippen LogP contribution in [0.25, 0.3) is 0 Å². The van der Waals surface area contributed by atoms with Crippen molar-refractivity contribution in [2.75, 3.05) is 46.2 Å². The van der Waals surface area contributed by atoms with E-state index in [9.17, 15) is 0 Å². The summed E-state index contributed by atoms with van der Waals surface area (Å²) in [6, 6.07) is 0.747. The molecule has 0 aromatic rings. The van der Waals surface area contributed by atoms with Crippen molar-refractivity contribution in [1.82, 2.24) is 5.32 Å². The van der Waals surface area contributed by atoms with Crippen LogP contribution in [0.3, 0.4) is 0 Å². The average molecular weight is 469 g/mol. The van der Waals surface area contributed by atoms with Crippen molar-refractivity contribution < 1.29 is 26.6 Å². The number of hydrogen-bond donors (Lipinski definition) is 2. The molecule has 30 heavy (non-hydrogen) atoms. The smallest absolute Gasteiger partial charge is 0.374 e. The molecule has 0 spiro atoms. The fraction of sp³-hybridized carbons (Fsp3) is 1.00. The second-order valence-corrected chi connectivity index (χ2v) is 12.4. The van der Waals surface area contributed by atoms with Gasteiger partial charge in [-0.2, -0.15) is 0 Å². The summed E-state index contributed by atoms with van der Waals surface area (Å²) in [6.07, 6.45) is 0.832. The second kappa shape index (κ2) is 16.7. The first kappa shape index (κ1) is 30.1. The Bertz CT molecular complexity index is 389. The highest BCUT2D eigenvalue weighted by Gasteiger charge is 2.50. The molecule has 0 saturated carbocycles. The van der Waals surface area contributed by atoms with Gasteiger partial charge in [0.15, 0.2) is 0 Å². The molecular formula is C20H48N2O6Si2. The number of nitrogens with two attached hydrogens (primary N) is 1. The van der Waals surface area contributed by atoms with E-state index in [1.807, 2.05) is 41.5 Å². The summed E-state index contributed by atoms with van der Waals surface area (Å²) in [7, 11) is -5.68. The van der Waals surface area contributed by atoms with E-state index in [1.54, 1.807) is 0 Å². The third-order valence-electron chi connectivity index (χ3n) is 4.95. The molecule has 0 fully saturated rings. The molecule has 10 heteroatoms. The van der Waals surface area contributed by atoms with Crippen molar-refractivity contribution in [2.24, 2.45) is 11.7 Å². The summed E-state index contributed by atoms with van der Waals surface area (Å²) >= 11 is 0. The first-order valence-corrected chi connectivity index (χ1v) is 15.4. The molecule has 0 saturated heterocycles. The minimum Gasteiger partial charge on any atom is -0.374 e. The van der Waals surface area contributed by atoms with Crippen molar-refractivity contribution in [1.29, 1.82) is 0 Å². The highest BCUT2D eigenvalue weighted by molar-refractivity contribution is 6.62. The van der Waals surface area contributed by atoms with Gasteiger partial charge in [-0.25, -0.2) is 0 Å². The average Bonchev–Trinajstić information content (AvgIpc) is 2.71. The molecule has 0 heterocycles. The maximum atomic E-state index is 6.20. The second-order valence-electron chi connectivity index (χ2n) is 7.00. The van der Waals surface area contributed by atoms with Crippen LogP contribution in [-0.4, -0.2) is 75.5 Å². The zero-order valence-corrected chi connectivity index (χ0v) is 22.6. The molecular weight excluding hydrogens is 420 g/mol. The zero-order valence-electron chi connectivity index (χ0n) is 20.6. The maximum absolute atomic E-state index is 6.20. The summed E-state index contributed by atoms with van der Waals surface area (Å²) in [5, 5.41) is 3.72. The molecule has 0 radical (unpaired) electrons. The maximum Gasteiger partial charge on any atom is 0.518 e. The van der Waals surface area contributed by atoms with Crippen LogP contribution in [0.5, 0.6) is 0 Å². The van der Waals surface area contributed by atoms with Gasteiger partial charge in [0, 0.05) is 51.7 Å². The summed E-state index contributed by atoms with van der Waals surface area (Å²) in [6.45, 7) is 19.9. The van der Waals surface area contributed by atoms with E-state index >= 15 is 0 Å². The Morgan fingerprint density at radius 3 is 1.40 bits per heavy atom. The molecule has 0 bridgehead atoms. The first-order valence-electron chi connectivity index (χ1n) is 11.7. The van der Waals surface area contributed by atoms with E-state index in [4.69, 9.17) is 32.3 Å². The molecule has 8 nitrogen and oxygen atoms in total. The van der Waals surface area contributed by atoms with Crippen molar-refractivity contribution in [3.05, 3.63) is 0 Å². The number of rotatable bonds is 20. The van der Waals surface area contributed by atoms with Crippen LogP contribution >= 0.6 is 0 Å². The van der Waals surface area contributed by atoms with Crippen molar-refractivity contribution in [3.8, 4) is 0 Å². The first-order chi connectivity index (χ1) is 14.4. The Morgan fingerprint density at radius 2 is 1.10 bits per heavy atom. The van der Waals surface area contributed by atoms with Crippen molar-refractivity contribution in [2.45, 2.75) is 79.6 Å². The highest BCUT2D eigenvalue weighted by Crippen LogP contribution is 2.25. The van der Waals surface area contributed by atoms with Crippen LogP contribution in [0, 0.1) is 5.92 Å². The Morgan fingerprint density at radius 1 is 0.700 bits per heavy atom. The fourth-order valence-corrected chi connectivity index (χ4v) is 9.81. The van der Waals surface area contributed by atoms with E-state index in [0.717, 1.165) is 6.42 Å². The van der Waals surface area contributed by atoms with Crippen molar-refractivity contribution >= 4 is 17.6 Å². The van der Waals surface area contributed by atoms with E-state index in [2.05, 4.69) is 19.2 Å². The normalized spacial score (nSPS) is 15.9. The lowest BCUT2D eigenvalue weighted by atomic mass is 10.0. The van der Waals surface area contributed by atoms with Gasteiger partial charge in [0.25, 0.3) is 0 Å². The molecule has 0 aromatic heterocycles. The zero-order chi connectivity index (χ0) is 23.0. The van der Waals surface area contributed by atoms with E-state index in [1.165, 1.54) is 0 Å². The van der Waals surface area contributed by atoms with E-state index < -0.39 is 17.6 Å². The van der Waals surface area contributed by atoms with Crippen LogP contribution in [0.2, 0.25) is 6.04 Å². The lowest BCUT2D eigenvalue weighted by Gasteiger charge is -2.39. The highest BCUT2D eigenvalue weighted by atomic mass is 28.4. The summed E-state index contributed by atoms with van der Waals surface area (Å²) in [5.41, 5.74) is 6.18. The molecule has 0 aliphatic rings. The SMILES string of the molecule is CCO[Si](CC(CN)C(C)NC(CC)[Si](OCC)(OCC)OCC)(OCC)OCC. The van der Waals surface area contributed by atoms with Gasteiger partial charge < -0.3 is 37.6 Å². The van der Waals surface area contributed by atoms with Crippen LogP contribution in [0.4, 0.5) is 0 Å². The van der Waals surface area contributed by atoms with Gasteiger partial charge in [0.2, 0.25) is 0 Å². The van der Waals surface area contributed by atoms with Gasteiger partial charge in [-0.3, -0.25) is 0 Å². The van der Waals surface area contributed by atoms with Gasteiger partial charge in [0.05, 0.1) is 5.67 Å². The predicted molar refractivity (Wildman–Crippen MR) is 125 cm³/mol. The Kier molecular flexibility index (Phi) is 16.8. The topological polar surface area (TPSA) is 93.4 Å². The monoisotopic (exact) mass is 468 g/mol. The molecule has 3 atom stereocenters. The van der Waals surface area contributed by atoms with E-state index in [0.29, 0.717) is 52.2 Å². The summed E-state index contributed by atoms with van der Waals surface area (Å²) in [5.74, 6) is 0.118. The summed E-state index contributed by atoms with van der Waals surface area (Å²) in [4.78, 5) is 0. The van der Waals surface area contributed by atoms with Gasteiger partial charge >= 0.3 is 17.6 Å². The minimum absolute atomic E-state index is 0.0243. The molecule has 0 amide bonds. The lowest BCUT2D eigenvalue weighted by molar-refractivity contribution is 0.0534. The lowest BCUT2D eigenvalue weighted by Crippen LogP contribution is -2.64. The van der Waals surface area contributed by atoms with Crippen LogP contribution in [-0.2, 0) is 26.6 Å². The quantitative estimate of drug-likeness (QED) is 0.263. The molecule has 182 valence electrons. The van der Waals surface area contributed by atoms with Gasteiger partial charge in [-0.1, -0.05) is 6.92 Å². The largest absolute Gasteiger partial charge is 0.518 e. The van der Waals surface area contributed by atoms with E-state index in [-0.39, 0.29) is 17.6 Å². The number of nitrogens with one attached hydrogen (secondary N) is 1. The fourth-order valence-electron chi connectivity index (χ4n) is 3.70. The molecule has 3 unspecified atom stereocenters. The number of hydrogen-bond acceptors (Lipinski definition) is 8. The summed E-state index contributed by atoms with van der Waals surface area (Å²) < 4.78 is 36.5. The third-order valence-corrected chi connectivity index (χ3v) is 11.7. The van der Waals surface area contributed by atoms with Gasteiger partial charge in [-0.05, 0) is 67.3 Å². The Hall–Kier alpha value is 0.114. The molecule has 0 aliphatic heterocycles. The minimum atomic E-state index is -2.88. The van der Waals surface area contributed by atoms with Crippen LogP contribution < -0.4 is 11.1 Å². The molecule has 0 rings (SSSR count). The predicted octanol–water partition coefficient (Wildman–Crippen LogP) is 2.95. The van der Waals surface area contributed by atoms with Crippen molar-refractivity contribution in [3.63, 3.8) is 0 Å². The van der Waals surface area contributed by atoms with Crippen LogP contribution in [0.1, 0.15) is 61.8 Å². The molecule has 3 N–H and O–H groups in total. The third kappa shape index (κ3) is 9.31. The Balaban J connectivity index is 5.59. The molecule has 0 aliphatic carbocycles. The Labute approximate surface area is 187 Å². The van der Waals surface area contributed by atoms with Gasteiger partial charge in [-0.15, -0.1) is 0 Å². The van der Waals surface area contributed by atoms with Crippen LogP contribution in [0.15, 0.2) is 0 Å².